The molecule has 1 heterocycles. The lowest BCUT2D eigenvalue weighted by Gasteiger charge is -2.13. The van der Waals surface area contributed by atoms with E-state index in [-0.39, 0.29) is 11.7 Å². The van der Waals surface area contributed by atoms with E-state index in [0.29, 0.717) is 42.8 Å². The van der Waals surface area contributed by atoms with E-state index in [0.717, 1.165) is 5.56 Å². The molecule has 17 heavy (non-hydrogen) atoms. The van der Waals surface area contributed by atoms with Crippen molar-refractivity contribution in [3.8, 4) is 0 Å². The molecular weight excluding hydrogens is 238 g/mol. The van der Waals surface area contributed by atoms with Gasteiger partial charge in [-0.1, -0.05) is 23.7 Å². The summed E-state index contributed by atoms with van der Waals surface area (Å²) in [5.74, 6) is 0.104. The number of Topliss-reactive ketones (excluding diaryl/α,β-unsaturated/α-hetero) is 1. The summed E-state index contributed by atoms with van der Waals surface area (Å²) in [5, 5.41) is 3.29. The van der Waals surface area contributed by atoms with Gasteiger partial charge in [0, 0.05) is 24.9 Å². The topological polar surface area (TPSA) is 46.2 Å². The zero-order valence-electron chi connectivity index (χ0n) is 9.46. The summed E-state index contributed by atoms with van der Waals surface area (Å²) in [6, 6.07) is 5.41. The quantitative estimate of drug-likeness (QED) is 0.770. The number of halogens is 1. The van der Waals surface area contributed by atoms with Gasteiger partial charge in [-0.2, -0.15) is 0 Å². The van der Waals surface area contributed by atoms with E-state index in [1.807, 2.05) is 12.1 Å². The number of hydrogen-bond donors (Lipinski definition) is 1. The minimum Gasteiger partial charge on any atom is -0.356 e. The van der Waals surface area contributed by atoms with Gasteiger partial charge in [-0.25, -0.2) is 0 Å². The zero-order valence-corrected chi connectivity index (χ0v) is 10.2. The Bertz CT molecular complexity index is 457. The van der Waals surface area contributed by atoms with Crippen LogP contribution < -0.4 is 5.32 Å². The number of fused-ring (bicyclic) bond motifs is 1. The second-order valence-corrected chi connectivity index (χ2v) is 4.56. The highest BCUT2D eigenvalue weighted by Crippen LogP contribution is 2.23. The number of ketones is 1. The highest BCUT2D eigenvalue weighted by atomic mass is 35.5. The lowest BCUT2D eigenvalue weighted by molar-refractivity contribution is -0.121. The van der Waals surface area contributed by atoms with Crippen molar-refractivity contribution >= 4 is 23.3 Å². The third-order valence-electron chi connectivity index (χ3n) is 2.90. The smallest absolute Gasteiger partial charge is 0.220 e. The molecule has 1 aromatic carbocycles. The molecular formula is C13H14ClNO2. The van der Waals surface area contributed by atoms with Gasteiger partial charge >= 0.3 is 0 Å². The lowest BCUT2D eigenvalue weighted by Crippen LogP contribution is -2.26. The first-order valence-corrected chi connectivity index (χ1v) is 6.13. The zero-order chi connectivity index (χ0) is 12.3. The van der Waals surface area contributed by atoms with Crippen LogP contribution >= 0.6 is 11.6 Å². The fraction of sp³-hybridized carbons (Fsp3) is 0.385. The van der Waals surface area contributed by atoms with Crippen LogP contribution in [0, 0.1) is 0 Å². The molecule has 0 radical (unpaired) electrons. The van der Waals surface area contributed by atoms with Crippen molar-refractivity contribution in [3.63, 3.8) is 0 Å². The predicted octanol–water partition coefficient (Wildman–Crippen LogP) is 2.37. The highest BCUT2D eigenvalue weighted by molar-refractivity contribution is 6.34. The lowest BCUT2D eigenvalue weighted by atomic mass is 9.96. The molecule has 2 rings (SSSR count). The summed E-state index contributed by atoms with van der Waals surface area (Å²) >= 11 is 6.07. The third kappa shape index (κ3) is 2.86. The van der Waals surface area contributed by atoms with Crippen LogP contribution in [0.15, 0.2) is 18.2 Å². The first-order chi connectivity index (χ1) is 8.18. The van der Waals surface area contributed by atoms with Crippen LogP contribution in [-0.2, 0) is 11.2 Å². The Hall–Kier alpha value is -1.35. The second kappa shape index (κ2) is 5.32. The van der Waals surface area contributed by atoms with Crippen LogP contribution in [-0.4, -0.2) is 18.2 Å². The minimum atomic E-state index is 0.0327. The van der Waals surface area contributed by atoms with E-state index >= 15 is 0 Å². The van der Waals surface area contributed by atoms with Crippen LogP contribution in [0.2, 0.25) is 5.02 Å². The Labute approximate surface area is 105 Å². The summed E-state index contributed by atoms with van der Waals surface area (Å²) in [4.78, 5) is 23.5. The van der Waals surface area contributed by atoms with Crippen LogP contribution in [0.5, 0.6) is 0 Å². The van der Waals surface area contributed by atoms with Crippen molar-refractivity contribution in [2.75, 3.05) is 6.54 Å². The Morgan fingerprint density at radius 2 is 1.94 bits per heavy atom. The van der Waals surface area contributed by atoms with E-state index in [1.54, 1.807) is 6.07 Å². The number of rotatable bonds is 0. The number of hydrogen-bond acceptors (Lipinski definition) is 2. The number of carbonyl (C=O) groups excluding carboxylic acids is 2. The molecule has 0 bridgehead atoms. The maximum absolute atomic E-state index is 12.0. The van der Waals surface area contributed by atoms with Gasteiger partial charge in [0.2, 0.25) is 5.91 Å². The summed E-state index contributed by atoms with van der Waals surface area (Å²) in [5.41, 5.74) is 1.48. The molecule has 0 saturated heterocycles. The van der Waals surface area contributed by atoms with Crippen LogP contribution in [0.25, 0.3) is 0 Å². The van der Waals surface area contributed by atoms with Gasteiger partial charge in [0.1, 0.15) is 0 Å². The molecule has 90 valence electrons. The molecule has 0 saturated carbocycles. The Morgan fingerprint density at radius 1 is 1.12 bits per heavy atom. The average Bonchev–Trinajstić information content (AvgIpc) is 2.31. The molecule has 1 aromatic rings. The van der Waals surface area contributed by atoms with Crippen molar-refractivity contribution in [2.24, 2.45) is 0 Å². The van der Waals surface area contributed by atoms with Crippen LogP contribution in [0.4, 0.5) is 0 Å². The van der Waals surface area contributed by atoms with Crippen molar-refractivity contribution in [1.82, 2.24) is 5.32 Å². The maximum atomic E-state index is 12.0. The average molecular weight is 252 g/mol. The molecule has 4 heteroatoms. The Balaban J connectivity index is 2.35. The highest BCUT2D eigenvalue weighted by Gasteiger charge is 2.17. The molecule has 1 aliphatic rings. The van der Waals surface area contributed by atoms with Crippen LogP contribution in [0.3, 0.4) is 0 Å². The van der Waals surface area contributed by atoms with Gasteiger partial charge < -0.3 is 5.32 Å². The van der Waals surface area contributed by atoms with E-state index in [2.05, 4.69) is 5.32 Å². The van der Waals surface area contributed by atoms with Gasteiger partial charge in [0.25, 0.3) is 0 Å². The fourth-order valence-corrected chi connectivity index (χ4v) is 2.33. The van der Waals surface area contributed by atoms with Crippen molar-refractivity contribution in [3.05, 3.63) is 34.3 Å². The standard InChI is InChI=1S/C13H14ClNO2/c14-10-4-1-3-9-6-7-12(17)15-8-2-5-11(16)13(9)10/h1,3-4H,2,5-8H2,(H,15,17). The van der Waals surface area contributed by atoms with Gasteiger partial charge in [-0.3, -0.25) is 9.59 Å². The molecule has 1 amide bonds. The predicted molar refractivity (Wildman–Crippen MR) is 66.3 cm³/mol. The molecule has 1 aliphatic heterocycles. The second-order valence-electron chi connectivity index (χ2n) is 4.15. The van der Waals surface area contributed by atoms with Crippen molar-refractivity contribution in [2.45, 2.75) is 25.7 Å². The van der Waals surface area contributed by atoms with Gasteiger partial charge in [-0.05, 0) is 24.5 Å². The summed E-state index contributed by atoms with van der Waals surface area (Å²) in [6.45, 7) is 0.560. The van der Waals surface area contributed by atoms with Crippen LogP contribution in [0.1, 0.15) is 35.2 Å². The summed E-state index contributed by atoms with van der Waals surface area (Å²) in [7, 11) is 0. The normalized spacial score (nSPS) is 17.2. The number of amides is 1. The molecule has 0 spiro atoms. The van der Waals surface area contributed by atoms with Crippen molar-refractivity contribution in [1.29, 1.82) is 0 Å². The number of aryl methyl sites for hydroxylation is 1. The minimum absolute atomic E-state index is 0.0327. The summed E-state index contributed by atoms with van der Waals surface area (Å²) < 4.78 is 0. The Kier molecular flexibility index (Phi) is 3.79. The molecule has 0 atom stereocenters. The molecule has 1 N–H and O–H groups in total. The van der Waals surface area contributed by atoms with E-state index in [4.69, 9.17) is 11.6 Å². The monoisotopic (exact) mass is 251 g/mol. The van der Waals surface area contributed by atoms with Crippen molar-refractivity contribution < 1.29 is 9.59 Å². The van der Waals surface area contributed by atoms with E-state index < -0.39 is 0 Å². The molecule has 3 nitrogen and oxygen atoms in total. The number of carbonyl (C=O) groups is 2. The summed E-state index contributed by atoms with van der Waals surface area (Å²) in [6.07, 6.45) is 2.06. The third-order valence-corrected chi connectivity index (χ3v) is 3.22. The van der Waals surface area contributed by atoms with E-state index in [1.165, 1.54) is 0 Å². The first-order valence-electron chi connectivity index (χ1n) is 5.76. The molecule has 0 fully saturated rings. The largest absolute Gasteiger partial charge is 0.356 e. The number of nitrogens with one attached hydrogen (secondary N) is 1. The van der Waals surface area contributed by atoms with Gasteiger partial charge in [-0.15, -0.1) is 0 Å². The SMILES string of the molecule is O=C1CCc2cccc(Cl)c2C(=O)CCCN1. The van der Waals surface area contributed by atoms with Gasteiger partial charge in [0.05, 0.1) is 5.02 Å². The number of benzene rings is 1. The molecule has 0 aliphatic carbocycles. The first kappa shape index (κ1) is 12.1. The molecule has 0 unspecified atom stereocenters. The fourth-order valence-electron chi connectivity index (χ4n) is 2.03. The Morgan fingerprint density at radius 3 is 2.76 bits per heavy atom. The van der Waals surface area contributed by atoms with E-state index in [9.17, 15) is 9.59 Å². The maximum Gasteiger partial charge on any atom is 0.220 e. The van der Waals surface area contributed by atoms with Gasteiger partial charge in [0.15, 0.2) is 5.78 Å². The molecule has 0 aromatic heterocycles.